The zero-order chi connectivity index (χ0) is 24.9. The number of halogens is 1. The smallest absolute Gasteiger partial charge is 0.312 e. The fourth-order valence-electron chi connectivity index (χ4n) is 5.84. The summed E-state index contributed by atoms with van der Waals surface area (Å²) in [6, 6.07) is 12.0. The van der Waals surface area contributed by atoms with Gasteiger partial charge in [0.05, 0.1) is 32.3 Å². The molecule has 5 rings (SSSR count). The first-order valence-electron chi connectivity index (χ1n) is 11.6. The van der Waals surface area contributed by atoms with Gasteiger partial charge in [0.15, 0.2) is 0 Å². The Balaban J connectivity index is 1.59. The van der Waals surface area contributed by atoms with Crippen LogP contribution < -0.4 is 9.47 Å². The van der Waals surface area contributed by atoms with Crippen LogP contribution in [0.25, 0.3) is 0 Å². The molecule has 2 aromatic carbocycles. The van der Waals surface area contributed by atoms with Crippen LogP contribution in [0.5, 0.6) is 11.5 Å². The largest absolute Gasteiger partial charge is 0.497 e. The molecule has 2 aromatic rings. The first-order valence-corrected chi connectivity index (χ1v) is 12.0. The number of rotatable bonds is 5. The van der Waals surface area contributed by atoms with E-state index >= 15 is 0 Å². The van der Waals surface area contributed by atoms with Crippen molar-refractivity contribution in [2.24, 2.45) is 11.8 Å². The first kappa shape index (κ1) is 23.5. The molecule has 0 aliphatic carbocycles. The van der Waals surface area contributed by atoms with Gasteiger partial charge in [0, 0.05) is 23.0 Å². The second-order valence-electron chi connectivity index (χ2n) is 9.25. The topological polar surface area (TPSA) is 85.4 Å². The van der Waals surface area contributed by atoms with Gasteiger partial charge in [0.1, 0.15) is 23.6 Å². The molecule has 0 aromatic heterocycles. The molecule has 0 bridgehead atoms. The predicted octanol–water partition coefficient (Wildman–Crippen LogP) is 3.22. The van der Waals surface area contributed by atoms with Crippen LogP contribution in [0.4, 0.5) is 0 Å². The van der Waals surface area contributed by atoms with Crippen molar-refractivity contribution in [3.05, 3.63) is 58.6 Å². The molecular formula is C26H27ClN2O6. The zero-order valence-electron chi connectivity index (χ0n) is 19.8. The zero-order valence-corrected chi connectivity index (χ0v) is 20.6. The molecule has 3 aliphatic heterocycles. The molecule has 2 saturated heterocycles. The van der Waals surface area contributed by atoms with Crippen LogP contribution in [-0.4, -0.2) is 60.0 Å². The van der Waals surface area contributed by atoms with E-state index in [2.05, 4.69) is 0 Å². The van der Waals surface area contributed by atoms with E-state index in [1.165, 1.54) is 4.90 Å². The average Bonchev–Trinajstić information content (AvgIpc) is 3.14. The fourth-order valence-corrected chi connectivity index (χ4v) is 5.97. The van der Waals surface area contributed by atoms with Crippen LogP contribution in [0, 0.1) is 11.8 Å². The van der Waals surface area contributed by atoms with E-state index in [1.54, 1.807) is 50.1 Å². The molecular weight excluding hydrogens is 472 g/mol. The molecule has 3 aliphatic rings. The molecule has 3 heterocycles. The third-order valence-corrected chi connectivity index (χ3v) is 7.58. The summed E-state index contributed by atoms with van der Waals surface area (Å²) in [4.78, 5) is 44.2. The highest BCUT2D eigenvalue weighted by molar-refractivity contribution is 6.30. The van der Waals surface area contributed by atoms with Gasteiger partial charge in [-0.1, -0.05) is 23.7 Å². The lowest BCUT2D eigenvalue weighted by molar-refractivity contribution is -0.170. The van der Waals surface area contributed by atoms with Gasteiger partial charge in [-0.3, -0.25) is 14.4 Å². The maximum absolute atomic E-state index is 14.1. The quantitative estimate of drug-likeness (QED) is 0.588. The van der Waals surface area contributed by atoms with Gasteiger partial charge in [-0.25, -0.2) is 0 Å². The van der Waals surface area contributed by atoms with Crippen molar-refractivity contribution in [2.75, 3.05) is 26.9 Å². The average molecular weight is 499 g/mol. The lowest BCUT2D eigenvalue weighted by Gasteiger charge is -2.47. The van der Waals surface area contributed by atoms with Crippen LogP contribution in [0.1, 0.15) is 31.0 Å². The fraction of sp³-hybridized carbons (Fsp3) is 0.423. The lowest BCUT2D eigenvalue weighted by Crippen LogP contribution is -2.67. The number of amides is 2. The van der Waals surface area contributed by atoms with Crippen molar-refractivity contribution < 1.29 is 28.6 Å². The third kappa shape index (κ3) is 3.62. The van der Waals surface area contributed by atoms with Crippen LogP contribution in [0.2, 0.25) is 5.02 Å². The molecule has 4 atom stereocenters. The summed E-state index contributed by atoms with van der Waals surface area (Å²) in [6.45, 7) is 3.92. The normalized spacial score (nSPS) is 27.0. The maximum Gasteiger partial charge on any atom is 0.312 e. The number of hydrogen-bond donors (Lipinski definition) is 0. The van der Waals surface area contributed by atoms with E-state index in [0.29, 0.717) is 16.5 Å². The number of esters is 1. The Hall–Kier alpha value is -3.26. The maximum atomic E-state index is 14.1. The highest BCUT2D eigenvalue weighted by Crippen LogP contribution is 2.57. The number of hydrogen-bond acceptors (Lipinski definition) is 6. The second-order valence-corrected chi connectivity index (χ2v) is 9.69. The van der Waals surface area contributed by atoms with E-state index < -0.39 is 29.4 Å². The second kappa shape index (κ2) is 8.75. The van der Waals surface area contributed by atoms with Crippen LogP contribution in [0.3, 0.4) is 0 Å². The minimum absolute atomic E-state index is 0.0873. The van der Waals surface area contributed by atoms with Gasteiger partial charge < -0.3 is 24.0 Å². The number of benzene rings is 2. The summed E-state index contributed by atoms with van der Waals surface area (Å²) in [5.41, 5.74) is 0.150. The Morgan fingerprint density at radius 3 is 2.63 bits per heavy atom. The Morgan fingerprint density at radius 2 is 1.94 bits per heavy atom. The Labute approximate surface area is 208 Å². The molecule has 0 saturated carbocycles. The molecule has 0 N–H and O–H groups in total. The summed E-state index contributed by atoms with van der Waals surface area (Å²) >= 11 is 6.00. The van der Waals surface area contributed by atoms with Crippen molar-refractivity contribution in [3.63, 3.8) is 0 Å². The van der Waals surface area contributed by atoms with Gasteiger partial charge in [-0.15, -0.1) is 0 Å². The SMILES string of the molecule is CCOC(=O)[C@H]1[C@H]2COc3ccc(OC)cc3[C@@H]2N2C(=O)CN(Cc3ccc(Cl)cc3)C(=O)[C@@]12C. The molecule has 2 fully saturated rings. The van der Waals surface area contributed by atoms with Gasteiger partial charge in [-0.05, 0) is 49.7 Å². The van der Waals surface area contributed by atoms with Gasteiger partial charge in [0.25, 0.3) is 0 Å². The molecule has 35 heavy (non-hydrogen) atoms. The van der Waals surface area contributed by atoms with E-state index in [-0.39, 0.29) is 38.1 Å². The number of carbonyl (C=O) groups excluding carboxylic acids is 3. The van der Waals surface area contributed by atoms with Crippen molar-refractivity contribution in [3.8, 4) is 11.5 Å². The van der Waals surface area contributed by atoms with Gasteiger partial charge in [-0.2, -0.15) is 0 Å². The number of nitrogens with zero attached hydrogens (tertiary/aromatic N) is 2. The molecule has 0 radical (unpaired) electrons. The van der Waals surface area contributed by atoms with E-state index in [4.69, 9.17) is 25.8 Å². The molecule has 0 spiro atoms. The van der Waals surface area contributed by atoms with Crippen LogP contribution in [-0.2, 0) is 25.7 Å². The van der Waals surface area contributed by atoms with E-state index in [0.717, 1.165) is 11.1 Å². The molecule has 9 heteroatoms. The highest BCUT2D eigenvalue weighted by atomic mass is 35.5. The van der Waals surface area contributed by atoms with Gasteiger partial charge >= 0.3 is 5.97 Å². The number of piperazine rings is 1. The van der Waals surface area contributed by atoms with Crippen LogP contribution >= 0.6 is 11.6 Å². The van der Waals surface area contributed by atoms with Crippen molar-refractivity contribution >= 4 is 29.4 Å². The van der Waals surface area contributed by atoms with Crippen molar-refractivity contribution in [1.29, 1.82) is 0 Å². The minimum atomic E-state index is -1.42. The molecule has 8 nitrogen and oxygen atoms in total. The highest BCUT2D eigenvalue weighted by Gasteiger charge is 2.69. The lowest BCUT2D eigenvalue weighted by atomic mass is 9.77. The summed E-state index contributed by atoms with van der Waals surface area (Å²) < 4.78 is 16.8. The van der Waals surface area contributed by atoms with E-state index in [9.17, 15) is 14.4 Å². The molecule has 0 unspecified atom stereocenters. The third-order valence-electron chi connectivity index (χ3n) is 7.33. The first-order chi connectivity index (χ1) is 16.8. The number of carbonyl (C=O) groups is 3. The predicted molar refractivity (Wildman–Crippen MR) is 127 cm³/mol. The summed E-state index contributed by atoms with van der Waals surface area (Å²) in [5, 5.41) is 0.587. The Kier molecular flexibility index (Phi) is 5.87. The summed E-state index contributed by atoms with van der Waals surface area (Å²) in [6.07, 6.45) is 0. The number of ether oxygens (including phenoxy) is 3. The standard InChI is InChI=1S/C26H27ClN2O6/c1-4-34-24(31)22-19-14-35-20-10-9-17(33-3)11-18(20)23(19)29-21(30)13-28(25(32)26(22,29)2)12-15-5-7-16(27)8-6-15/h5-11,19,22-23H,4,12-14H2,1-3H3/t19-,22-,23+,26-/m1/s1. The number of methoxy groups -OCH3 is 1. The van der Waals surface area contributed by atoms with Crippen molar-refractivity contribution in [1.82, 2.24) is 9.80 Å². The summed E-state index contributed by atoms with van der Waals surface area (Å²) in [5.74, 6) is -1.12. The van der Waals surface area contributed by atoms with Gasteiger partial charge in [0.2, 0.25) is 11.8 Å². The molecule has 184 valence electrons. The Morgan fingerprint density at radius 1 is 1.20 bits per heavy atom. The Bertz CT molecular complexity index is 1180. The molecule has 2 amide bonds. The summed E-state index contributed by atoms with van der Waals surface area (Å²) in [7, 11) is 1.56. The number of fused-ring (bicyclic) bond motifs is 5. The monoisotopic (exact) mass is 498 g/mol. The van der Waals surface area contributed by atoms with E-state index in [1.807, 2.05) is 18.2 Å². The van der Waals surface area contributed by atoms with Crippen molar-refractivity contribution in [2.45, 2.75) is 32.0 Å². The minimum Gasteiger partial charge on any atom is -0.497 e. The van der Waals surface area contributed by atoms with Crippen LogP contribution in [0.15, 0.2) is 42.5 Å².